The molecule has 0 unspecified atom stereocenters. The van der Waals surface area contributed by atoms with Gasteiger partial charge in [-0.25, -0.2) is 0 Å². The summed E-state index contributed by atoms with van der Waals surface area (Å²) in [7, 11) is 0. The Morgan fingerprint density at radius 1 is 1.35 bits per heavy atom. The monoisotopic (exact) mass is 236 g/mol. The van der Waals surface area contributed by atoms with E-state index in [1.807, 2.05) is 0 Å². The van der Waals surface area contributed by atoms with E-state index in [0.717, 1.165) is 0 Å². The van der Waals surface area contributed by atoms with Gasteiger partial charge in [-0.3, -0.25) is 9.79 Å². The average molecular weight is 236 g/mol. The Kier molecular flexibility index (Phi) is 2.86. The Balaban J connectivity index is 2.28. The number of hydrogen-bond donors (Lipinski definition) is 3. The molecule has 1 aliphatic heterocycles. The maximum absolute atomic E-state index is 10.5. The third-order valence-electron chi connectivity index (χ3n) is 2.54. The van der Waals surface area contributed by atoms with E-state index in [0.29, 0.717) is 24.5 Å². The summed E-state index contributed by atoms with van der Waals surface area (Å²) in [4.78, 5) is 16.3. The summed E-state index contributed by atoms with van der Waals surface area (Å²) in [5.74, 6) is -1.32. The molecule has 1 aliphatic rings. The number of carboxylic acid groups (broad SMARTS) is 1. The summed E-state index contributed by atoms with van der Waals surface area (Å²) >= 11 is 0. The molecule has 17 heavy (non-hydrogen) atoms. The van der Waals surface area contributed by atoms with Crippen LogP contribution in [-0.2, 0) is 4.79 Å². The summed E-state index contributed by atoms with van der Waals surface area (Å²) in [6.45, 7) is 0.661. The second-order valence-corrected chi connectivity index (χ2v) is 3.76. The Labute approximate surface area is 97.4 Å². The fraction of sp³-hybridized carbons (Fsp3) is 0.273. The lowest BCUT2D eigenvalue weighted by atomic mass is 10.1. The van der Waals surface area contributed by atoms with Crippen LogP contribution in [0.3, 0.4) is 0 Å². The topological polar surface area (TPSA) is 93.4 Å². The molecule has 0 saturated heterocycles. The molecule has 90 valence electrons. The minimum Gasteiger partial charge on any atom is -0.504 e. The summed E-state index contributed by atoms with van der Waals surface area (Å²) in [5, 5.41) is 27.4. The van der Waals surface area contributed by atoms with Gasteiger partial charge < -0.3 is 20.2 Å². The Morgan fingerprint density at radius 2 is 2.06 bits per heavy atom. The largest absolute Gasteiger partial charge is 0.504 e. The van der Waals surface area contributed by atoms with Crippen LogP contribution < -0.4 is 4.90 Å². The van der Waals surface area contributed by atoms with Crippen LogP contribution in [0, 0.1) is 0 Å². The van der Waals surface area contributed by atoms with E-state index in [-0.39, 0.29) is 17.9 Å². The molecule has 3 N–H and O–H groups in total. The summed E-state index contributed by atoms with van der Waals surface area (Å²) in [6.07, 6.45) is 1.59. The normalized spacial score (nSPS) is 13.5. The molecular formula is C11H12N2O4. The van der Waals surface area contributed by atoms with Gasteiger partial charge in [0.25, 0.3) is 0 Å². The average Bonchev–Trinajstić information content (AvgIpc) is 2.28. The van der Waals surface area contributed by atoms with Crippen molar-refractivity contribution in [2.45, 2.75) is 6.42 Å². The fourth-order valence-electron chi connectivity index (χ4n) is 1.69. The zero-order valence-corrected chi connectivity index (χ0v) is 9.00. The first-order chi connectivity index (χ1) is 8.08. The first-order valence-corrected chi connectivity index (χ1v) is 5.10. The van der Waals surface area contributed by atoms with Gasteiger partial charge >= 0.3 is 5.97 Å². The second kappa shape index (κ2) is 4.32. The van der Waals surface area contributed by atoms with Crippen molar-refractivity contribution in [3.05, 3.63) is 17.7 Å². The van der Waals surface area contributed by atoms with Crippen molar-refractivity contribution in [3.63, 3.8) is 0 Å². The maximum atomic E-state index is 10.5. The van der Waals surface area contributed by atoms with Gasteiger partial charge in [0.2, 0.25) is 0 Å². The van der Waals surface area contributed by atoms with Crippen molar-refractivity contribution < 1.29 is 20.1 Å². The Morgan fingerprint density at radius 3 is 2.76 bits per heavy atom. The van der Waals surface area contributed by atoms with E-state index < -0.39 is 5.97 Å². The van der Waals surface area contributed by atoms with E-state index in [4.69, 9.17) is 5.11 Å². The van der Waals surface area contributed by atoms with Gasteiger partial charge in [0.1, 0.15) is 6.67 Å². The van der Waals surface area contributed by atoms with Crippen LogP contribution in [0.5, 0.6) is 11.5 Å². The SMILES string of the molecule is O=C(O)CCN1CN=Cc2cc(O)c(O)cc21. The molecule has 0 amide bonds. The number of rotatable bonds is 3. The van der Waals surface area contributed by atoms with Crippen molar-refractivity contribution in [3.8, 4) is 11.5 Å². The predicted molar refractivity (Wildman–Crippen MR) is 61.8 cm³/mol. The Bertz CT molecular complexity index is 485. The number of carbonyl (C=O) groups is 1. The highest BCUT2D eigenvalue weighted by molar-refractivity contribution is 5.91. The zero-order chi connectivity index (χ0) is 12.4. The van der Waals surface area contributed by atoms with Crippen molar-refractivity contribution in [1.82, 2.24) is 0 Å². The van der Waals surface area contributed by atoms with Gasteiger partial charge in [0.15, 0.2) is 11.5 Å². The standard InChI is InChI=1S/C11H12N2O4/c14-9-3-7-5-12-6-13(2-1-11(16)17)8(7)4-10(9)15/h3-5,14-15H,1-2,6H2,(H,16,17). The minimum atomic E-state index is -0.885. The lowest BCUT2D eigenvalue weighted by Gasteiger charge is -2.27. The fourth-order valence-corrected chi connectivity index (χ4v) is 1.69. The molecule has 0 bridgehead atoms. The highest BCUT2D eigenvalue weighted by Crippen LogP contribution is 2.34. The molecule has 1 aromatic carbocycles. The first kappa shape index (κ1) is 11.3. The molecule has 1 heterocycles. The molecule has 6 nitrogen and oxygen atoms in total. The van der Waals surface area contributed by atoms with Gasteiger partial charge in [0.05, 0.1) is 12.1 Å². The van der Waals surface area contributed by atoms with E-state index in [1.54, 1.807) is 11.1 Å². The molecule has 0 saturated carbocycles. The predicted octanol–water partition coefficient (Wildman–Crippen LogP) is 0.769. The second-order valence-electron chi connectivity index (χ2n) is 3.76. The van der Waals surface area contributed by atoms with E-state index in [1.165, 1.54) is 12.1 Å². The van der Waals surface area contributed by atoms with Crippen LogP contribution in [0.1, 0.15) is 12.0 Å². The summed E-state index contributed by atoms with van der Waals surface area (Å²) < 4.78 is 0. The molecule has 0 aliphatic carbocycles. The van der Waals surface area contributed by atoms with Gasteiger partial charge in [-0.15, -0.1) is 0 Å². The highest BCUT2D eigenvalue weighted by atomic mass is 16.4. The number of phenolic OH excluding ortho intramolecular Hbond substituents is 2. The zero-order valence-electron chi connectivity index (χ0n) is 9.00. The number of benzene rings is 1. The molecule has 6 heteroatoms. The minimum absolute atomic E-state index is 0.00337. The summed E-state index contributed by atoms with van der Waals surface area (Å²) in [5.41, 5.74) is 1.34. The van der Waals surface area contributed by atoms with E-state index >= 15 is 0 Å². The van der Waals surface area contributed by atoms with Crippen molar-refractivity contribution in [2.24, 2.45) is 4.99 Å². The molecule has 1 aromatic rings. The number of aliphatic imine (C=N–C) groups is 1. The molecule has 0 spiro atoms. The molecule has 0 radical (unpaired) electrons. The smallest absolute Gasteiger partial charge is 0.305 e. The van der Waals surface area contributed by atoms with E-state index in [2.05, 4.69) is 4.99 Å². The lowest BCUT2D eigenvalue weighted by molar-refractivity contribution is -0.136. The maximum Gasteiger partial charge on any atom is 0.305 e. The van der Waals surface area contributed by atoms with Gasteiger partial charge in [-0.05, 0) is 6.07 Å². The number of nitrogens with zero attached hydrogens (tertiary/aromatic N) is 2. The van der Waals surface area contributed by atoms with Crippen molar-refractivity contribution >= 4 is 17.9 Å². The number of carboxylic acids is 1. The quantitative estimate of drug-likeness (QED) is 0.674. The van der Waals surface area contributed by atoms with Crippen LogP contribution >= 0.6 is 0 Å². The van der Waals surface area contributed by atoms with Gasteiger partial charge in [-0.1, -0.05) is 0 Å². The van der Waals surface area contributed by atoms with Crippen LogP contribution in [0.4, 0.5) is 5.69 Å². The lowest BCUT2D eigenvalue weighted by Crippen LogP contribution is -2.29. The van der Waals surface area contributed by atoms with Crippen molar-refractivity contribution in [2.75, 3.05) is 18.1 Å². The molecule has 0 aromatic heterocycles. The number of phenols is 2. The molecule has 2 rings (SSSR count). The number of fused-ring (bicyclic) bond motifs is 1. The number of hydrogen-bond acceptors (Lipinski definition) is 5. The highest BCUT2D eigenvalue weighted by Gasteiger charge is 2.17. The third kappa shape index (κ3) is 2.30. The molecular weight excluding hydrogens is 224 g/mol. The van der Waals surface area contributed by atoms with Crippen LogP contribution in [0.25, 0.3) is 0 Å². The Hall–Kier alpha value is -2.24. The van der Waals surface area contributed by atoms with E-state index in [9.17, 15) is 15.0 Å². The molecule has 0 atom stereocenters. The third-order valence-corrected chi connectivity index (χ3v) is 2.54. The van der Waals surface area contributed by atoms with Gasteiger partial charge in [0, 0.05) is 24.4 Å². The van der Waals surface area contributed by atoms with Crippen molar-refractivity contribution in [1.29, 1.82) is 0 Å². The van der Waals surface area contributed by atoms with Gasteiger partial charge in [-0.2, -0.15) is 0 Å². The number of anilines is 1. The number of aromatic hydroxyl groups is 2. The van der Waals surface area contributed by atoms with Crippen LogP contribution in [0.15, 0.2) is 17.1 Å². The first-order valence-electron chi connectivity index (χ1n) is 5.10. The van der Waals surface area contributed by atoms with Crippen LogP contribution in [0.2, 0.25) is 0 Å². The number of aliphatic carboxylic acids is 1. The van der Waals surface area contributed by atoms with Crippen LogP contribution in [-0.4, -0.2) is 40.7 Å². The molecule has 0 fully saturated rings. The summed E-state index contributed by atoms with van der Waals surface area (Å²) in [6, 6.07) is 2.82.